The van der Waals surface area contributed by atoms with Gasteiger partial charge < -0.3 is 4.74 Å². The van der Waals surface area contributed by atoms with E-state index >= 15 is 0 Å². The third kappa shape index (κ3) is 2.72. The molecular weight excluding hydrogens is 362 g/mol. The van der Waals surface area contributed by atoms with Crippen molar-refractivity contribution in [3.63, 3.8) is 0 Å². The number of benzene rings is 1. The molecule has 7 nitrogen and oxygen atoms in total. The Labute approximate surface area is 150 Å². The minimum Gasteiger partial charge on any atom is -0.465 e. The number of esters is 1. The zero-order valence-corrected chi connectivity index (χ0v) is 14.5. The van der Waals surface area contributed by atoms with Crippen molar-refractivity contribution in [2.24, 2.45) is 0 Å². The van der Waals surface area contributed by atoms with Gasteiger partial charge in [0, 0.05) is 5.02 Å². The van der Waals surface area contributed by atoms with E-state index in [1.807, 2.05) is 12.1 Å². The summed E-state index contributed by atoms with van der Waals surface area (Å²) < 4.78 is 7.16. The number of rotatable bonds is 3. The molecule has 3 aromatic rings. The fourth-order valence-electron chi connectivity index (χ4n) is 2.45. The lowest BCUT2D eigenvalue weighted by Crippen LogP contribution is -2.25. The van der Waals surface area contributed by atoms with E-state index in [1.54, 1.807) is 25.1 Å². The van der Waals surface area contributed by atoms with E-state index in [0.717, 1.165) is 4.70 Å². The van der Waals surface area contributed by atoms with Gasteiger partial charge in [0.2, 0.25) is 0 Å². The molecule has 2 aromatic heterocycles. The van der Waals surface area contributed by atoms with E-state index in [-0.39, 0.29) is 23.4 Å². The largest absolute Gasteiger partial charge is 0.465 e. The van der Waals surface area contributed by atoms with Crippen molar-refractivity contribution in [1.82, 2.24) is 9.38 Å². The average Bonchev–Trinajstić information content (AvgIpc) is 2.93. The second-order valence-electron chi connectivity index (χ2n) is 4.98. The van der Waals surface area contributed by atoms with Gasteiger partial charge in [-0.15, -0.1) is 0 Å². The fraction of sp³-hybridized carbons (Fsp3) is 0.188. The average molecular weight is 372 g/mol. The van der Waals surface area contributed by atoms with Crippen LogP contribution >= 0.6 is 22.9 Å². The Morgan fingerprint density at radius 2 is 2.28 bits per heavy atom. The van der Waals surface area contributed by atoms with Crippen LogP contribution in [-0.4, -0.2) is 22.0 Å². The molecule has 9 heteroatoms. The number of aromatic nitrogens is 2. The van der Waals surface area contributed by atoms with Crippen LogP contribution in [0, 0.1) is 28.1 Å². The van der Waals surface area contributed by atoms with Crippen LogP contribution in [0.2, 0.25) is 5.02 Å². The maximum absolute atomic E-state index is 12.0. The highest BCUT2D eigenvalue weighted by molar-refractivity contribution is 7.23. The molecule has 1 atom stereocenters. The summed E-state index contributed by atoms with van der Waals surface area (Å²) in [4.78, 5) is 16.7. The van der Waals surface area contributed by atoms with Gasteiger partial charge in [0.25, 0.3) is 0 Å². The van der Waals surface area contributed by atoms with Gasteiger partial charge in [0.1, 0.15) is 11.6 Å². The molecule has 124 valence electrons. The lowest BCUT2D eigenvalue weighted by atomic mass is 10.0. The number of carbonyl (C=O) groups excluding carboxylic acids is 1. The van der Waals surface area contributed by atoms with Crippen LogP contribution in [0.4, 0.5) is 0 Å². The first-order valence-electron chi connectivity index (χ1n) is 7.17. The number of hydrogen-bond donors (Lipinski definition) is 1. The molecule has 0 aliphatic heterocycles. The summed E-state index contributed by atoms with van der Waals surface area (Å²) in [5.41, 5.74) is 0.341. The Hall–Kier alpha value is -2.94. The second-order valence-corrected chi connectivity index (χ2v) is 6.42. The molecule has 3 rings (SSSR count). The van der Waals surface area contributed by atoms with Gasteiger partial charge in [-0.2, -0.15) is 10.5 Å². The molecule has 0 saturated heterocycles. The smallest absolute Gasteiger partial charge is 0.329 e. The molecule has 0 bridgehead atoms. The van der Waals surface area contributed by atoms with Gasteiger partial charge >= 0.3 is 5.97 Å². The SMILES string of the molecule is CCOC(=O)C(C#N)c1nc2sc3cc(Cl)ccc3n2c(=N)c1C#N. The van der Waals surface area contributed by atoms with Gasteiger partial charge in [-0.3, -0.25) is 14.6 Å². The molecule has 0 saturated carbocycles. The number of thiazole rings is 1. The zero-order valence-electron chi connectivity index (χ0n) is 12.9. The minimum absolute atomic E-state index is 0.0638. The fourth-order valence-corrected chi connectivity index (χ4v) is 3.76. The van der Waals surface area contributed by atoms with Crippen LogP contribution in [0.15, 0.2) is 18.2 Å². The molecule has 0 aliphatic rings. The topological polar surface area (TPSA) is 115 Å². The Bertz CT molecular complexity index is 1150. The number of halogens is 1. The van der Waals surface area contributed by atoms with Crippen molar-refractivity contribution in [1.29, 1.82) is 15.9 Å². The summed E-state index contributed by atoms with van der Waals surface area (Å²) in [6.45, 7) is 1.72. The molecule has 25 heavy (non-hydrogen) atoms. The number of hydrogen-bond acceptors (Lipinski definition) is 7. The molecule has 0 radical (unpaired) electrons. The highest BCUT2D eigenvalue weighted by Crippen LogP contribution is 2.28. The lowest BCUT2D eigenvalue weighted by molar-refractivity contribution is -0.143. The standard InChI is InChI=1S/C16H10ClN5O2S/c1-2-24-15(23)10(7-19)13-9(6-18)14(20)22-11-4-3-8(17)5-12(11)25-16(22)21-13/h3-5,10,20H,2H2,1H3. The Morgan fingerprint density at radius 1 is 1.52 bits per heavy atom. The zero-order chi connectivity index (χ0) is 18.1. The van der Waals surface area contributed by atoms with Gasteiger partial charge in [-0.1, -0.05) is 22.9 Å². The summed E-state index contributed by atoms with van der Waals surface area (Å²) in [7, 11) is 0. The summed E-state index contributed by atoms with van der Waals surface area (Å²) >= 11 is 7.25. The van der Waals surface area contributed by atoms with Crippen LogP contribution in [0.1, 0.15) is 24.1 Å². The minimum atomic E-state index is -1.36. The van der Waals surface area contributed by atoms with Crippen LogP contribution in [0.25, 0.3) is 15.2 Å². The highest BCUT2D eigenvalue weighted by Gasteiger charge is 2.28. The molecule has 1 N–H and O–H groups in total. The first-order chi connectivity index (χ1) is 12.0. The number of carbonyl (C=O) groups is 1. The van der Waals surface area contributed by atoms with Crippen LogP contribution in [0.3, 0.4) is 0 Å². The summed E-state index contributed by atoms with van der Waals surface area (Å²) in [6.07, 6.45) is 0. The van der Waals surface area contributed by atoms with E-state index in [2.05, 4.69) is 4.98 Å². The quantitative estimate of drug-likeness (QED) is 0.710. The van der Waals surface area contributed by atoms with Crippen molar-refractivity contribution < 1.29 is 9.53 Å². The predicted molar refractivity (Wildman–Crippen MR) is 91.1 cm³/mol. The maximum atomic E-state index is 12.0. The van der Waals surface area contributed by atoms with Gasteiger partial charge in [0.05, 0.1) is 28.6 Å². The van der Waals surface area contributed by atoms with Gasteiger partial charge in [-0.05, 0) is 25.1 Å². The normalized spacial score (nSPS) is 11.8. The van der Waals surface area contributed by atoms with Gasteiger partial charge in [0.15, 0.2) is 16.4 Å². The summed E-state index contributed by atoms with van der Waals surface area (Å²) in [5.74, 6) is -2.15. The van der Waals surface area contributed by atoms with Crippen molar-refractivity contribution in [2.45, 2.75) is 12.8 Å². The van der Waals surface area contributed by atoms with Gasteiger partial charge in [-0.25, -0.2) is 4.98 Å². The second kappa shape index (κ2) is 6.52. The Kier molecular flexibility index (Phi) is 4.41. The summed E-state index contributed by atoms with van der Waals surface area (Å²) in [5, 5.41) is 27.7. The molecule has 0 fully saturated rings. The monoisotopic (exact) mass is 371 g/mol. The molecule has 2 heterocycles. The lowest BCUT2D eigenvalue weighted by Gasteiger charge is -2.10. The van der Waals surface area contributed by atoms with Crippen molar-refractivity contribution >= 4 is 44.1 Å². The van der Waals surface area contributed by atoms with E-state index < -0.39 is 11.9 Å². The molecule has 1 aromatic carbocycles. The van der Waals surface area contributed by atoms with E-state index in [1.165, 1.54) is 15.7 Å². The number of nitrogens with one attached hydrogen (secondary N) is 1. The van der Waals surface area contributed by atoms with Crippen LogP contribution in [-0.2, 0) is 9.53 Å². The molecule has 0 aliphatic carbocycles. The number of fused-ring (bicyclic) bond motifs is 3. The maximum Gasteiger partial charge on any atom is 0.329 e. The summed E-state index contributed by atoms with van der Waals surface area (Å²) in [6, 6.07) is 8.84. The molecule has 0 spiro atoms. The third-order valence-corrected chi connectivity index (χ3v) is 4.76. The first-order valence-corrected chi connectivity index (χ1v) is 8.37. The van der Waals surface area contributed by atoms with E-state index in [9.17, 15) is 15.3 Å². The molecule has 0 amide bonds. The Morgan fingerprint density at radius 3 is 2.92 bits per heavy atom. The van der Waals surface area contributed by atoms with E-state index in [0.29, 0.717) is 15.5 Å². The van der Waals surface area contributed by atoms with Crippen molar-refractivity contribution in [3.05, 3.63) is 40.0 Å². The first kappa shape index (κ1) is 16.9. The molecule has 1 unspecified atom stereocenters. The van der Waals surface area contributed by atoms with Crippen molar-refractivity contribution in [3.8, 4) is 12.1 Å². The highest BCUT2D eigenvalue weighted by atomic mass is 35.5. The van der Waals surface area contributed by atoms with Crippen LogP contribution < -0.4 is 5.49 Å². The predicted octanol–water partition coefficient (Wildman–Crippen LogP) is 2.72. The third-order valence-electron chi connectivity index (χ3n) is 3.52. The van der Waals surface area contributed by atoms with E-state index in [4.69, 9.17) is 21.7 Å². The van der Waals surface area contributed by atoms with Crippen molar-refractivity contribution in [2.75, 3.05) is 6.61 Å². The Balaban J connectivity index is 2.36. The molecular formula is C16H10ClN5O2S. The number of nitriles is 2. The van der Waals surface area contributed by atoms with Crippen LogP contribution in [0.5, 0.6) is 0 Å². The number of ether oxygens (including phenoxy) is 1. The number of nitrogens with zero attached hydrogens (tertiary/aromatic N) is 4.